The molecule has 0 fully saturated rings. The highest BCUT2D eigenvalue weighted by Gasteiger charge is 2.28. The minimum atomic E-state index is -0.152. The van der Waals surface area contributed by atoms with Crippen LogP contribution in [0, 0.1) is 0 Å². The van der Waals surface area contributed by atoms with Crippen LogP contribution in [0.1, 0.15) is 12.7 Å². The third kappa shape index (κ3) is 2.32. The predicted octanol–water partition coefficient (Wildman–Crippen LogP) is 3.85. The van der Waals surface area contributed by atoms with Crippen molar-refractivity contribution in [1.82, 2.24) is 0 Å². The van der Waals surface area contributed by atoms with Crippen molar-refractivity contribution in [2.75, 3.05) is 5.01 Å². The Kier molecular flexibility index (Phi) is 3.28. The van der Waals surface area contributed by atoms with Crippen molar-refractivity contribution >= 4 is 39.3 Å². The van der Waals surface area contributed by atoms with E-state index in [-0.39, 0.29) is 5.91 Å². The van der Waals surface area contributed by atoms with Crippen LogP contribution in [0.2, 0.25) is 0 Å². The van der Waals surface area contributed by atoms with Crippen molar-refractivity contribution in [3.05, 3.63) is 58.5 Å². The van der Waals surface area contributed by atoms with Gasteiger partial charge in [-0.3, -0.25) is 4.79 Å². The van der Waals surface area contributed by atoms with Gasteiger partial charge >= 0.3 is 0 Å². The van der Waals surface area contributed by atoms with Gasteiger partial charge in [-0.05, 0) is 53.2 Å². The summed E-state index contributed by atoms with van der Waals surface area (Å²) in [5, 5.41) is 5.70. The Morgan fingerprint density at radius 1 is 1.20 bits per heavy atom. The number of hydrogen-bond acceptors (Lipinski definition) is 3. The van der Waals surface area contributed by atoms with Gasteiger partial charge in [-0.15, -0.1) is 0 Å². The maximum absolute atomic E-state index is 12.4. The summed E-state index contributed by atoms with van der Waals surface area (Å²) in [5.41, 5.74) is 1.96. The molecule has 0 bridgehead atoms. The Labute approximate surface area is 124 Å². The van der Waals surface area contributed by atoms with Crippen LogP contribution in [-0.2, 0) is 4.79 Å². The molecule has 1 aliphatic rings. The molecule has 20 heavy (non-hydrogen) atoms. The molecule has 3 rings (SSSR count). The molecule has 0 spiro atoms. The Hall–Kier alpha value is -2.14. The molecule has 0 N–H and O–H groups in total. The van der Waals surface area contributed by atoms with Crippen LogP contribution in [0.3, 0.4) is 0 Å². The minimum Gasteiger partial charge on any atom is -0.450 e. The lowest BCUT2D eigenvalue weighted by Crippen LogP contribution is -2.21. The van der Waals surface area contributed by atoms with Crippen LogP contribution in [0.4, 0.5) is 5.69 Å². The summed E-state index contributed by atoms with van der Waals surface area (Å²) in [5.74, 6) is 0.464. The first-order valence-electron chi connectivity index (χ1n) is 6.07. The van der Waals surface area contributed by atoms with E-state index in [1.807, 2.05) is 37.3 Å². The molecule has 1 aromatic carbocycles. The molecule has 100 valence electrons. The number of para-hydroxylation sites is 1. The van der Waals surface area contributed by atoms with E-state index in [0.29, 0.717) is 21.7 Å². The van der Waals surface area contributed by atoms with E-state index in [9.17, 15) is 4.79 Å². The van der Waals surface area contributed by atoms with E-state index in [1.165, 1.54) is 5.01 Å². The van der Waals surface area contributed by atoms with Crippen molar-refractivity contribution in [3.8, 4) is 0 Å². The Balaban J connectivity index is 1.95. The average Bonchev–Trinajstić information content (AvgIpc) is 2.98. The van der Waals surface area contributed by atoms with Crippen molar-refractivity contribution in [2.24, 2.45) is 5.10 Å². The van der Waals surface area contributed by atoms with Crippen LogP contribution in [0.5, 0.6) is 0 Å². The molecule has 0 radical (unpaired) electrons. The fourth-order valence-electron chi connectivity index (χ4n) is 1.98. The third-order valence-electron chi connectivity index (χ3n) is 2.94. The summed E-state index contributed by atoms with van der Waals surface area (Å²) >= 11 is 3.24. The van der Waals surface area contributed by atoms with E-state index in [2.05, 4.69) is 21.0 Å². The van der Waals surface area contributed by atoms with Gasteiger partial charge in [0, 0.05) is 0 Å². The molecule has 0 aliphatic carbocycles. The molecule has 0 saturated carbocycles. The number of anilines is 1. The van der Waals surface area contributed by atoms with Gasteiger partial charge in [-0.2, -0.15) is 10.1 Å². The van der Waals surface area contributed by atoms with Crippen LogP contribution >= 0.6 is 15.9 Å². The van der Waals surface area contributed by atoms with Gasteiger partial charge in [0.15, 0.2) is 4.67 Å². The van der Waals surface area contributed by atoms with Crippen molar-refractivity contribution in [3.63, 3.8) is 0 Å². The number of carbonyl (C=O) groups is 1. The smallest absolute Gasteiger partial charge is 0.280 e. The first kappa shape index (κ1) is 12.9. The largest absolute Gasteiger partial charge is 0.450 e. The molecule has 0 saturated heterocycles. The minimum absolute atomic E-state index is 0.152. The number of nitrogens with zero attached hydrogens (tertiary/aromatic N) is 2. The Morgan fingerprint density at radius 3 is 2.60 bits per heavy atom. The van der Waals surface area contributed by atoms with E-state index in [1.54, 1.807) is 18.2 Å². The zero-order valence-electron chi connectivity index (χ0n) is 10.7. The summed E-state index contributed by atoms with van der Waals surface area (Å²) in [7, 11) is 0. The van der Waals surface area contributed by atoms with Crippen LogP contribution in [-0.4, -0.2) is 11.6 Å². The molecule has 4 nitrogen and oxygen atoms in total. The van der Waals surface area contributed by atoms with Gasteiger partial charge in [0.05, 0.1) is 17.0 Å². The van der Waals surface area contributed by atoms with Crippen LogP contribution in [0.15, 0.2) is 62.2 Å². The maximum Gasteiger partial charge on any atom is 0.280 e. The van der Waals surface area contributed by atoms with Gasteiger partial charge < -0.3 is 4.42 Å². The second-order valence-electron chi connectivity index (χ2n) is 4.34. The van der Waals surface area contributed by atoms with Gasteiger partial charge in [-0.25, -0.2) is 0 Å². The first-order chi connectivity index (χ1) is 9.65. The molecular formula is C15H11BrN2O2. The SMILES string of the molecule is CC1=NN(c2ccccc2)C(=O)C1=Cc1ccc(Br)o1. The molecule has 1 aliphatic heterocycles. The van der Waals surface area contributed by atoms with E-state index >= 15 is 0 Å². The summed E-state index contributed by atoms with van der Waals surface area (Å²) < 4.78 is 6.03. The topological polar surface area (TPSA) is 45.8 Å². The second kappa shape index (κ2) is 5.09. The van der Waals surface area contributed by atoms with Gasteiger partial charge in [0.1, 0.15) is 5.76 Å². The number of hydrogen-bond donors (Lipinski definition) is 0. The number of furan rings is 1. The normalized spacial score (nSPS) is 16.9. The van der Waals surface area contributed by atoms with E-state index in [0.717, 1.165) is 5.69 Å². The predicted molar refractivity (Wildman–Crippen MR) is 81.4 cm³/mol. The first-order valence-corrected chi connectivity index (χ1v) is 6.86. The monoisotopic (exact) mass is 330 g/mol. The number of amides is 1. The lowest BCUT2D eigenvalue weighted by Gasteiger charge is -2.10. The summed E-state index contributed by atoms with van der Waals surface area (Å²) in [6, 6.07) is 12.9. The zero-order chi connectivity index (χ0) is 14.1. The number of benzene rings is 1. The molecule has 2 aromatic rings. The number of carbonyl (C=O) groups excluding carboxylic acids is 1. The highest BCUT2D eigenvalue weighted by Crippen LogP contribution is 2.25. The van der Waals surface area contributed by atoms with Gasteiger partial charge in [0.2, 0.25) is 0 Å². The molecule has 0 unspecified atom stereocenters. The molecule has 1 amide bonds. The molecule has 0 atom stereocenters. The highest BCUT2D eigenvalue weighted by atomic mass is 79.9. The number of hydrazone groups is 1. The fourth-order valence-corrected chi connectivity index (χ4v) is 2.30. The molecular weight excluding hydrogens is 320 g/mol. The molecule has 1 aromatic heterocycles. The quantitative estimate of drug-likeness (QED) is 0.785. The maximum atomic E-state index is 12.4. The summed E-state index contributed by atoms with van der Waals surface area (Å²) in [6.45, 7) is 1.81. The Morgan fingerprint density at radius 2 is 1.95 bits per heavy atom. The zero-order valence-corrected chi connectivity index (χ0v) is 12.3. The van der Waals surface area contributed by atoms with E-state index < -0.39 is 0 Å². The fraction of sp³-hybridized carbons (Fsp3) is 0.0667. The van der Waals surface area contributed by atoms with Gasteiger partial charge in [-0.1, -0.05) is 18.2 Å². The highest BCUT2D eigenvalue weighted by molar-refractivity contribution is 9.10. The van der Waals surface area contributed by atoms with Crippen LogP contribution in [0.25, 0.3) is 6.08 Å². The third-order valence-corrected chi connectivity index (χ3v) is 3.37. The molecule has 2 heterocycles. The average molecular weight is 331 g/mol. The van der Waals surface area contributed by atoms with Crippen molar-refractivity contribution in [2.45, 2.75) is 6.92 Å². The van der Waals surface area contributed by atoms with E-state index in [4.69, 9.17) is 4.42 Å². The Bertz CT molecular complexity index is 716. The molecule has 5 heteroatoms. The number of rotatable bonds is 2. The lowest BCUT2D eigenvalue weighted by atomic mass is 10.1. The summed E-state index contributed by atoms with van der Waals surface area (Å²) in [6.07, 6.45) is 1.70. The standard InChI is InChI=1S/C15H11BrN2O2/c1-10-13(9-12-7-8-14(16)20-12)15(19)18(17-10)11-5-3-2-4-6-11/h2-9H,1H3. The summed E-state index contributed by atoms with van der Waals surface area (Å²) in [4.78, 5) is 12.4. The lowest BCUT2D eigenvalue weighted by molar-refractivity contribution is -0.114. The van der Waals surface area contributed by atoms with Crippen LogP contribution < -0.4 is 5.01 Å². The second-order valence-corrected chi connectivity index (χ2v) is 5.12. The van der Waals surface area contributed by atoms with Crippen molar-refractivity contribution < 1.29 is 9.21 Å². The number of halogens is 1. The van der Waals surface area contributed by atoms with Gasteiger partial charge in [0.25, 0.3) is 5.91 Å². The van der Waals surface area contributed by atoms with Crippen molar-refractivity contribution in [1.29, 1.82) is 0 Å².